The van der Waals surface area contributed by atoms with Crippen LogP contribution in [0.2, 0.25) is 0 Å². The Morgan fingerprint density at radius 1 is 1.25 bits per heavy atom. The molecule has 0 unspecified atom stereocenters. The first kappa shape index (κ1) is 14.8. The maximum Gasteiger partial charge on any atom is 0.274 e. The summed E-state index contributed by atoms with van der Waals surface area (Å²) in [6.07, 6.45) is 5.70. The molecule has 1 aliphatic rings. The van der Waals surface area contributed by atoms with Crippen molar-refractivity contribution >= 4 is 11.7 Å². The largest absolute Gasteiger partial charge is 0.358 e. The van der Waals surface area contributed by atoms with E-state index in [4.69, 9.17) is 0 Å². The van der Waals surface area contributed by atoms with E-state index >= 15 is 0 Å². The zero-order valence-electron chi connectivity index (χ0n) is 12.5. The van der Waals surface area contributed by atoms with Gasteiger partial charge in [-0.05, 0) is 37.8 Å². The first-order chi connectivity index (χ1) is 9.72. The van der Waals surface area contributed by atoms with E-state index in [1.807, 2.05) is 18.0 Å². The van der Waals surface area contributed by atoms with Crippen molar-refractivity contribution in [1.29, 1.82) is 0 Å². The Balaban J connectivity index is 1.98. The van der Waals surface area contributed by atoms with Gasteiger partial charge in [0.2, 0.25) is 0 Å². The van der Waals surface area contributed by atoms with Crippen molar-refractivity contribution in [3.8, 4) is 0 Å². The SMILES string of the molecule is CCCCN(C)c1ccc(C(=O)N2CCCCC2)nn1. The molecule has 0 saturated carbocycles. The molecular formula is C15H24N4O. The first-order valence-electron chi connectivity index (χ1n) is 7.56. The van der Waals surface area contributed by atoms with Crippen LogP contribution in [0.15, 0.2) is 12.1 Å². The summed E-state index contributed by atoms with van der Waals surface area (Å²) in [6, 6.07) is 3.68. The fourth-order valence-corrected chi connectivity index (χ4v) is 2.41. The van der Waals surface area contributed by atoms with Crippen LogP contribution in [0.5, 0.6) is 0 Å². The average molecular weight is 276 g/mol. The maximum atomic E-state index is 12.3. The van der Waals surface area contributed by atoms with Crippen molar-refractivity contribution in [2.75, 3.05) is 31.6 Å². The Kier molecular flexibility index (Phi) is 5.32. The molecule has 5 heteroatoms. The number of anilines is 1. The minimum absolute atomic E-state index is 0.0139. The van der Waals surface area contributed by atoms with Crippen molar-refractivity contribution in [2.24, 2.45) is 0 Å². The molecule has 2 heterocycles. The summed E-state index contributed by atoms with van der Waals surface area (Å²) < 4.78 is 0. The van der Waals surface area contributed by atoms with E-state index in [0.29, 0.717) is 5.69 Å². The molecule has 1 aromatic heterocycles. The van der Waals surface area contributed by atoms with Crippen molar-refractivity contribution in [3.63, 3.8) is 0 Å². The Morgan fingerprint density at radius 2 is 2.00 bits per heavy atom. The van der Waals surface area contributed by atoms with Gasteiger partial charge in [0.1, 0.15) is 0 Å². The third-order valence-corrected chi connectivity index (χ3v) is 3.75. The van der Waals surface area contributed by atoms with Crippen LogP contribution in [0.25, 0.3) is 0 Å². The number of piperidine rings is 1. The summed E-state index contributed by atoms with van der Waals surface area (Å²) in [5.74, 6) is 0.841. The Bertz CT molecular complexity index is 426. The molecule has 0 N–H and O–H groups in total. The van der Waals surface area contributed by atoms with Gasteiger partial charge in [-0.1, -0.05) is 13.3 Å². The topological polar surface area (TPSA) is 49.3 Å². The third-order valence-electron chi connectivity index (χ3n) is 3.75. The molecule has 0 aliphatic carbocycles. The van der Waals surface area contributed by atoms with Gasteiger partial charge in [0, 0.05) is 26.7 Å². The smallest absolute Gasteiger partial charge is 0.274 e. The highest BCUT2D eigenvalue weighted by atomic mass is 16.2. The number of rotatable bonds is 5. The highest BCUT2D eigenvalue weighted by molar-refractivity contribution is 5.92. The summed E-state index contributed by atoms with van der Waals surface area (Å²) >= 11 is 0. The molecule has 20 heavy (non-hydrogen) atoms. The molecule has 2 rings (SSSR count). The van der Waals surface area contributed by atoms with Gasteiger partial charge in [-0.2, -0.15) is 0 Å². The van der Waals surface area contributed by atoms with Crippen LogP contribution in [-0.2, 0) is 0 Å². The van der Waals surface area contributed by atoms with Gasteiger partial charge in [-0.3, -0.25) is 4.79 Å². The molecule has 1 aliphatic heterocycles. The van der Waals surface area contributed by atoms with Gasteiger partial charge >= 0.3 is 0 Å². The number of hydrogen-bond acceptors (Lipinski definition) is 4. The molecule has 1 amide bonds. The highest BCUT2D eigenvalue weighted by Gasteiger charge is 2.19. The van der Waals surface area contributed by atoms with Gasteiger partial charge in [-0.25, -0.2) is 0 Å². The number of amides is 1. The number of carbonyl (C=O) groups excluding carboxylic acids is 1. The summed E-state index contributed by atoms with van der Waals surface area (Å²) in [5, 5.41) is 8.28. The molecule has 0 spiro atoms. The fourth-order valence-electron chi connectivity index (χ4n) is 2.41. The lowest BCUT2D eigenvalue weighted by molar-refractivity contribution is 0.0717. The van der Waals surface area contributed by atoms with Gasteiger partial charge < -0.3 is 9.80 Å². The van der Waals surface area contributed by atoms with E-state index in [9.17, 15) is 4.79 Å². The molecule has 0 atom stereocenters. The summed E-state index contributed by atoms with van der Waals surface area (Å²) in [4.78, 5) is 16.2. The second-order valence-corrected chi connectivity index (χ2v) is 5.40. The van der Waals surface area contributed by atoms with Gasteiger partial charge in [0.15, 0.2) is 11.5 Å². The van der Waals surface area contributed by atoms with Crippen LogP contribution in [-0.4, -0.2) is 47.7 Å². The Labute approximate surface area is 121 Å². The van der Waals surface area contributed by atoms with E-state index in [1.54, 1.807) is 6.07 Å². The lowest BCUT2D eigenvalue weighted by atomic mass is 10.1. The monoisotopic (exact) mass is 276 g/mol. The van der Waals surface area contributed by atoms with Gasteiger partial charge in [0.05, 0.1) is 0 Å². The zero-order chi connectivity index (χ0) is 14.4. The van der Waals surface area contributed by atoms with Gasteiger partial charge in [0.25, 0.3) is 5.91 Å². The minimum Gasteiger partial charge on any atom is -0.358 e. The maximum absolute atomic E-state index is 12.3. The average Bonchev–Trinajstić information content (AvgIpc) is 2.53. The molecule has 1 aromatic rings. The molecule has 0 aromatic carbocycles. The van der Waals surface area contributed by atoms with E-state index in [-0.39, 0.29) is 5.91 Å². The standard InChI is InChI=1S/C15H24N4O/c1-3-4-10-18(2)14-9-8-13(16-17-14)15(20)19-11-6-5-7-12-19/h8-9H,3-7,10-12H2,1-2H3. The molecule has 5 nitrogen and oxygen atoms in total. The summed E-state index contributed by atoms with van der Waals surface area (Å²) in [7, 11) is 2.01. The van der Waals surface area contributed by atoms with Crippen molar-refractivity contribution in [3.05, 3.63) is 17.8 Å². The predicted octanol–water partition coefficient (Wildman–Crippen LogP) is 2.34. The molecule has 0 radical (unpaired) electrons. The molecule has 1 fully saturated rings. The van der Waals surface area contributed by atoms with Crippen LogP contribution >= 0.6 is 0 Å². The van der Waals surface area contributed by atoms with Crippen LogP contribution in [0.1, 0.15) is 49.5 Å². The number of likely N-dealkylation sites (tertiary alicyclic amines) is 1. The van der Waals surface area contributed by atoms with Crippen molar-refractivity contribution in [2.45, 2.75) is 39.0 Å². The highest BCUT2D eigenvalue weighted by Crippen LogP contribution is 2.13. The third kappa shape index (κ3) is 3.68. The Hall–Kier alpha value is -1.65. The lowest BCUT2D eigenvalue weighted by Crippen LogP contribution is -2.36. The summed E-state index contributed by atoms with van der Waals surface area (Å²) in [5.41, 5.74) is 0.458. The van der Waals surface area contributed by atoms with Crippen LogP contribution in [0, 0.1) is 0 Å². The van der Waals surface area contributed by atoms with Crippen LogP contribution in [0.3, 0.4) is 0 Å². The molecule has 0 bridgehead atoms. The lowest BCUT2D eigenvalue weighted by Gasteiger charge is -2.26. The first-order valence-corrected chi connectivity index (χ1v) is 7.56. The fraction of sp³-hybridized carbons (Fsp3) is 0.667. The molecule has 110 valence electrons. The Morgan fingerprint density at radius 3 is 2.60 bits per heavy atom. The number of hydrogen-bond donors (Lipinski definition) is 0. The van der Waals surface area contributed by atoms with Crippen LogP contribution < -0.4 is 4.90 Å². The van der Waals surface area contributed by atoms with Crippen LogP contribution in [0.4, 0.5) is 5.82 Å². The number of unbranched alkanes of at least 4 members (excludes halogenated alkanes) is 1. The van der Waals surface area contributed by atoms with E-state index in [2.05, 4.69) is 22.0 Å². The zero-order valence-corrected chi connectivity index (χ0v) is 12.5. The minimum atomic E-state index is 0.0139. The van der Waals surface area contributed by atoms with Crippen molar-refractivity contribution < 1.29 is 4.79 Å². The normalized spacial score (nSPS) is 15.2. The second-order valence-electron chi connectivity index (χ2n) is 5.40. The number of carbonyl (C=O) groups is 1. The van der Waals surface area contributed by atoms with Gasteiger partial charge in [-0.15, -0.1) is 10.2 Å². The quantitative estimate of drug-likeness (QED) is 0.828. The summed E-state index contributed by atoms with van der Waals surface area (Å²) in [6.45, 7) is 4.82. The predicted molar refractivity (Wildman–Crippen MR) is 80.0 cm³/mol. The van der Waals surface area contributed by atoms with Crippen molar-refractivity contribution in [1.82, 2.24) is 15.1 Å². The van der Waals surface area contributed by atoms with E-state index < -0.39 is 0 Å². The number of aromatic nitrogens is 2. The molecular weight excluding hydrogens is 252 g/mol. The van der Waals surface area contributed by atoms with E-state index in [0.717, 1.165) is 51.1 Å². The molecule has 1 saturated heterocycles. The van der Waals surface area contributed by atoms with E-state index in [1.165, 1.54) is 6.42 Å². The second kappa shape index (κ2) is 7.22. The number of nitrogens with zero attached hydrogens (tertiary/aromatic N) is 4.